The molecular weight excluding hydrogens is 246 g/mol. The van der Waals surface area contributed by atoms with Gasteiger partial charge in [0.15, 0.2) is 0 Å². The van der Waals surface area contributed by atoms with Crippen LogP contribution in [0, 0.1) is 5.92 Å². The van der Waals surface area contributed by atoms with Crippen molar-refractivity contribution < 1.29 is 9.53 Å². The van der Waals surface area contributed by atoms with Gasteiger partial charge >= 0.3 is 0 Å². The molecule has 0 aliphatic carbocycles. The molecule has 94 valence electrons. The molecule has 2 heterocycles. The summed E-state index contributed by atoms with van der Waals surface area (Å²) in [6.07, 6.45) is 2.12. The normalized spacial score (nSPS) is 19.4. The lowest BCUT2D eigenvalue weighted by Crippen LogP contribution is -2.10. The summed E-state index contributed by atoms with van der Waals surface area (Å²) in [6.45, 7) is 1.55. The molecule has 1 saturated heterocycles. The maximum Gasteiger partial charge on any atom is 0.140 e. The molecule has 1 unspecified atom stereocenters. The van der Waals surface area contributed by atoms with Crippen molar-refractivity contribution in [2.24, 2.45) is 5.92 Å². The number of carbonyl (C=O) groups excluding carboxylic acids is 1. The number of fused-ring (bicyclic) bond motifs is 1. The predicted molar refractivity (Wildman–Crippen MR) is 71.9 cm³/mol. The van der Waals surface area contributed by atoms with Crippen LogP contribution < -0.4 is 0 Å². The fourth-order valence-corrected chi connectivity index (χ4v) is 3.30. The molecule has 1 aromatic heterocycles. The first kappa shape index (κ1) is 11.8. The number of ketones is 1. The summed E-state index contributed by atoms with van der Waals surface area (Å²) < 4.78 is 6.45. The highest BCUT2D eigenvalue weighted by Crippen LogP contribution is 2.23. The molecule has 1 fully saturated rings. The smallest absolute Gasteiger partial charge is 0.140 e. The van der Waals surface area contributed by atoms with Crippen molar-refractivity contribution in [3.05, 3.63) is 29.3 Å². The molecule has 1 aliphatic rings. The van der Waals surface area contributed by atoms with Gasteiger partial charge in [-0.25, -0.2) is 4.98 Å². The highest BCUT2D eigenvalue weighted by atomic mass is 32.1. The van der Waals surface area contributed by atoms with Crippen LogP contribution in [0.4, 0.5) is 0 Å². The molecule has 1 atom stereocenters. The molecule has 0 saturated carbocycles. The van der Waals surface area contributed by atoms with E-state index in [4.69, 9.17) is 4.74 Å². The molecule has 0 N–H and O–H groups in total. The maximum atomic E-state index is 12.0. The van der Waals surface area contributed by atoms with E-state index in [1.165, 1.54) is 0 Å². The van der Waals surface area contributed by atoms with Crippen LogP contribution in [0.5, 0.6) is 0 Å². The molecule has 0 amide bonds. The van der Waals surface area contributed by atoms with Gasteiger partial charge in [-0.3, -0.25) is 4.79 Å². The molecule has 0 bridgehead atoms. The van der Waals surface area contributed by atoms with Gasteiger partial charge in [0.05, 0.1) is 16.6 Å². The average molecular weight is 261 g/mol. The summed E-state index contributed by atoms with van der Waals surface area (Å²) in [4.78, 5) is 16.5. The third-order valence-electron chi connectivity index (χ3n) is 3.23. The summed E-state index contributed by atoms with van der Waals surface area (Å²) in [5.74, 6) is 0.705. The number of carbonyl (C=O) groups is 1. The zero-order chi connectivity index (χ0) is 12.4. The zero-order valence-electron chi connectivity index (χ0n) is 10.1. The molecule has 4 heteroatoms. The minimum Gasteiger partial charge on any atom is -0.381 e. The van der Waals surface area contributed by atoms with Gasteiger partial charge in [0.25, 0.3) is 0 Å². The van der Waals surface area contributed by atoms with E-state index in [0.717, 1.165) is 34.9 Å². The highest BCUT2D eigenvalue weighted by molar-refractivity contribution is 7.18. The quantitative estimate of drug-likeness (QED) is 0.849. The Kier molecular flexibility index (Phi) is 3.39. The molecule has 1 aliphatic heterocycles. The Hall–Kier alpha value is -1.26. The number of nitrogens with zero attached hydrogens (tertiary/aromatic N) is 1. The van der Waals surface area contributed by atoms with Crippen molar-refractivity contribution in [3.63, 3.8) is 0 Å². The van der Waals surface area contributed by atoms with Gasteiger partial charge in [0.1, 0.15) is 10.8 Å². The van der Waals surface area contributed by atoms with Crippen LogP contribution in [0.2, 0.25) is 0 Å². The van der Waals surface area contributed by atoms with Crippen LogP contribution >= 0.6 is 11.3 Å². The van der Waals surface area contributed by atoms with E-state index in [0.29, 0.717) is 18.8 Å². The minimum absolute atomic E-state index is 0.282. The highest BCUT2D eigenvalue weighted by Gasteiger charge is 2.19. The third-order valence-corrected chi connectivity index (χ3v) is 4.26. The largest absolute Gasteiger partial charge is 0.381 e. The number of hydrogen-bond acceptors (Lipinski definition) is 4. The van der Waals surface area contributed by atoms with Crippen LogP contribution in [0.25, 0.3) is 10.2 Å². The average Bonchev–Trinajstić information content (AvgIpc) is 2.96. The Bertz CT molecular complexity index is 525. The van der Waals surface area contributed by atoms with Gasteiger partial charge in [-0.1, -0.05) is 12.1 Å². The monoisotopic (exact) mass is 261 g/mol. The lowest BCUT2D eigenvalue weighted by molar-refractivity contribution is -0.119. The van der Waals surface area contributed by atoms with Crippen molar-refractivity contribution in [1.82, 2.24) is 4.98 Å². The number of rotatable bonds is 4. The Morgan fingerprint density at radius 2 is 2.33 bits per heavy atom. The second-order valence-corrected chi connectivity index (χ2v) is 5.84. The fraction of sp³-hybridized carbons (Fsp3) is 0.429. The molecule has 18 heavy (non-hydrogen) atoms. The van der Waals surface area contributed by atoms with Gasteiger partial charge in [-0.15, -0.1) is 11.3 Å². The Morgan fingerprint density at radius 3 is 3.11 bits per heavy atom. The van der Waals surface area contributed by atoms with E-state index in [1.54, 1.807) is 11.3 Å². The molecule has 3 nitrogen and oxygen atoms in total. The SMILES string of the molecule is O=C(Cc1nc2ccccc2s1)CC1CCOC1. The number of thiazole rings is 1. The van der Waals surface area contributed by atoms with Crippen LogP contribution in [-0.4, -0.2) is 24.0 Å². The first-order valence-corrected chi connectivity index (χ1v) is 7.07. The first-order valence-electron chi connectivity index (χ1n) is 6.25. The van der Waals surface area contributed by atoms with Crippen LogP contribution in [0.3, 0.4) is 0 Å². The second-order valence-electron chi connectivity index (χ2n) is 4.72. The second kappa shape index (κ2) is 5.16. The third kappa shape index (κ3) is 2.60. The van der Waals surface area contributed by atoms with Crippen molar-refractivity contribution in [2.45, 2.75) is 19.3 Å². The summed E-state index contributed by atoms with van der Waals surface area (Å²) in [5, 5.41) is 0.931. The summed E-state index contributed by atoms with van der Waals surface area (Å²) >= 11 is 1.62. The molecule has 0 radical (unpaired) electrons. The maximum absolute atomic E-state index is 12.0. The number of aromatic nitrogens is 1. The van der Waals surface area contributed by atoms with Gasteiger partial charge < -0.3 is 4.74 Å². The molecule has 2 aromatic rings. The topological polar surface area (TPSA) is 39.2 Å². The lowest BCUT2D eigenvalue weighted by atomic mass is 10.0. The molecule has 0 spiro atoms. The fourth-order valence-electron chi connectivity index (χ4n) is 2.30. The van der Waals surface area contributed by atoms with Crippen molar-refractivity contribution >= 4 is 27.3 Å². The lowest BCUT2D eigenvalue weighted by Gasteiger charge is -2.04. The summed E-state index contributed by atoms with van der Waals surface area (Å²) in [5.41, 5.74) is 0.995. The van der Waals surface area contributed by atoms with E-state index in [9.17, 15) is 4.79 Å². The minimum atomic E-state index is 0.282. The Morgan fingerprint density at radius 1 is 1.44 bits per heavy atom. The first-order chi connectivity index (χ1) is 8.81. The number of Topliss-reactive ketones (excluding diaryl/α,β-unsaturated/α-hetero) is 1. The molecule has 3 rings (SSSR count). The van der Waals surface area contributed by atoms with E-state index in [1.807, 2.05) is 24.3 Å². The van der Waals surface area contributed by atoms with Gasteiger partial charge in [-0.2, -0.15) is 0 Å². The molecular formula is C14H15NO2S. The van der Waals surface area contributed by atoms with Gasteiger partial charge in [0.2, 0.25) is 0 Å². The predicted octanol–water partition coefficient (Wildman–Crippen LogP) is 2.83. The van der Waals surface area contributed by atoms with Crippen molar-refractivity contribution in [3.8, 4) is 0 Å². The van der Waals surface area contributed by atoms with Crippen molar-refractivity contribution in [1.29, 1.82) is 0 Å². The van der Waals surface area contributed by atoms with E-state index in [-0.39, 0.29) is 5.78 Å². The van der Waals surface area contributed by atoms with E-state index in [2.05, 4.69) is 4.98 Å². The zero-order valence-corrected chi connectivity index (χ0v) is 10.9. The van der Waals surface area contributed by atoms with Crippen molar-refractivity contribution in [2.75, 3.05) is 13.2 Å². The summed E-state index contributed by atoms with van der Waals surface area (Å²) in [7, 11) is 0. The van der Waals surface area contributed by atoms with Crippen LogP contribution in [-0.2, 0) is 16.0 Å². The number of hydrogen-bond donors (Lipinski definition) is 0. The number of benzene rings is 1. The number of para-hydroxylation sites is 1. The van der Waals surface area contributed by atoms with E-state index < -0.39 is 0 Å². The standard InChI is InChI=1S/C14H15NO2S/c16-11(7-10-5-6-17-9-10)8-14-15-12-3-1-2-4-13(12)18-14/h1-4,10H,5-9H2. The van der Waals surface area contributed by atoms with Crippen LogP contribution in [0.1, 0.15) is 17.8 Å². The Labute approximate surface area is 110 Å². The number of ether oxygens (including phenoxy) is 1. The Balaban J connectivity index is 1.66. The van der Waals surface area contributed by atoms with E-state index >= 15 is 0 Å². The van der Waals surface area contributed by atoms with Gasteiger partial charge in [-0.05, 0) is 24.5 Å². The van der Waals surface area contributed by atoms with Crippen LogP contribution in [0.15, 0.2) is 24.3 Å². The summed E-state index contributed by atoms with van der Waals surface area (Å²) in [6, 6.07) is 8.02. The molecule has 1 aromatic carbocycles. The van der Waals surface area contributed by atoms with Gasteiger partial charge in [0, 0.05) is 19.6 Å².